The summed E-state index contributed by atoms with van der Waals surface area (Å²) in [6, 6.07) is 6.29. The average molecular weight is 361 g/mol. The summed E-state index contributed by atoms with van der Waals surface area (Å²) in [4.78, 5) is 4.59. The van der Waals surface area contributed by atoms with Crippen LogP contribution in [0.5, 0.6) is 0 Å². The fourth-order valence-corrected chi connectivity index (χ4v) is 2.40. The molecule has 0 saturated carbocycles. The van der Waals surface area contributed by atoms with Gasteiger partial charge in [0.05, 0.1) is 11.4 Å². The van der Waals surface area contributed by atoms with Crippen molar-refractivity contribution >= 4 is 34.0 Å². The first-order valence-corrected chi connectivity index (χ1v) is 7.42. The predicted molar refractivity (Wildman–Crippen MR) is 89.2 cm³/mol. The highest BCUT2D eigenvalue weighted by Crippen LogP contribution is 2.25. The minimum atomic E-state index is 0.630. The SMILES string of the molecule is CC(C)CN(CCN(C)C)c1ccc(I)cc1N. The van der Waals surface area contributed by atoms with Gasteiger partial charge in [0.25, 0.3) is 0 Å². The molecular formula is C14H24IN3. The lowest BCUT2D eigenvalue weighted by Crippen LogP contribution is -2.34. The number of rotatable bonds is 6. The Balaban J connectivity index is 2.86. The standard InChI is InChI=1S/C14H24IN3/c1-11(2)10-18(8-7-17(3)4)14-6-5-12(15)9-13(14)16/h5-6,9,11H,7-8,10,16H2,1-4H3. The summed E-state index contributed by atoms with van der Waals surface area (Å²) in [6.45, 7) is 7.57. The second kappa shape index (κ2) is 7.19. The van der Waals surface area contributed by atoms with E-state index in [1.807, 2.05) is 6.07 Å². The molecule has 0 saturated heterocycles. The van der Waals surface area contributed by atoms with Crippen LogP contribution in [0.4, 0.5) is 11.4 Å². The zero-order chi connectivity index (χ0) is 13.7. The topological polar surface area (TPSA) is 32.5 Å². The summed E-state index contributed by atoms with van der Waals surface area (Å²) in [5.74, 6) is 0.630. The van der Waals surface area contributed by atoms with Gasteiger partial charge < -0.3 is 15.5 Å². The van der Waals surface area contributed by atoms with Gasteiger partial charge in [-0.2, -0.15) is 0 Å². The number of nitrogens with zero attached hydrogens (tertiary/aromatic N) is 2. The monoisotopic (exact) mass is 361 g/mol. The third-order valence-electron chi connectivity index (χ3n) is 2.73. The number of nitrogens with two attached hydrogens (primary N) is 1. The molecule has 1 rings (SSSR count). The summed E-state index contributed by atoms with van der Waals surface area (Å²) in [5, 5.41) is 0. The lowest BCUT2D eigenvalue weighted by molar-refractivity contribution is 0.409. The van der Waals surface area contributed by atoms with E-state index in [-0.39, 0.29) is 0 Å². The summed E-state index contributed by atoms with van der Waals surface area (Å²) in [5.41, 5.74) is 8.18. The molecule has 0 atom stereocenters. The van der Waals surface area contributed by atoms with Gasteiger partial charge in [0.15, 0.2) is 0 Å². The summed E-state index contributed by atoms with van der Waals surface area (Å²) in [6.07, 6.45) is 0. The zero-order valence-corrected chi connectivity index (χ0v) is 13.9. The summed E-state index contributed by atoms with van der Waals surface area (Å²) in [7, 11) is 4.20. The molecule has 0 unspecified atom stereocenters. The highest BCUT2D eigenvalue weighted by molar-refractivity contribution is 14.1. The Morgan fingerprint density at radius 1 is 1.22 bits per heavy atom. The van der Waals surface area contributed by atoms with Crippen LogP contribution in [0.3, 0.4) is 0 Å². The first kappa shape index (κ1) is 15.6. The maximum absolute atomic E-state index is 6.14. The van der Waals surface area contributed by atoms with E-state index in [1.165, 1.54) is 3.57 Å². The Morgan fingerprint density at radius 3 is 2.39 bits per heavy atom. The van der Waals surface area contributed by atoms with Crippen molar-refractivity contribution in [2.24, 2.45) is 5.92 Å². The van der Waals surface area contributed by atoms with Gasteiger partial charge >= 0.3 is 0 Å². The van der Waals surface area contributed by atoms with E-state index >= 15 is 0 Å². The molecule has 4 heteroatoms. The van der Waals surface area contributed by atoms with Gasteiger partial charge in [0, 0.05) is 23.2 Å². The molecule has 102 valence electrons. The van der Waals surface area contributed by atoms with E-state index in [9.17, 15) is 0 Å². The molecule has 0 aliphatic heterocycles. The normalized spacial score (nSPS) is 11.3. The Bertz CT molecular complexity index is 377. The number of anilines is 2. The van der Waals surface area contributed by atoms with Gasteiger partial charge in [-0.15, -0.1) is 0 Å². The fourth-order valence-electron chi connectivity index (χ4n) is 1.88. The van der Waals surface area contributed by atoms with Crippen LogP contribution in [-0.4, -0.2) is 38.6 Å². The maximum Gasteiger partial charge on any atom is 0.0601 e. The minimum Gasteiger partial charge on any atom is -0.397 e. The van der Waals surface area contributed by atoms with Gasteiger partial charge in [-0.3, -0.25) is 0 Å². The number of nitrogen functional groups attached to an aromatic ring is 1. The first-order valence-electron chi connectivity index (χ1n) is 6.35. The maximum atomic E-state index is 6.14. The van der Waals surface area contributed by atoms with Crippen LogP contribution in [0.25, 0.3) is 0 Å². The van der Waals surface area contributed by atoms with Crippen molar-refractivity contribution in [3.8, 4) is 0 Å². The van der Waals surface area contributed by atoms with Crippen LogP contribution < -0.4 is 10.6 Å². The highest BCUT2D eigenvalue weighted by atomic mass is 127. The van der Waals surface area contributed by atoms with Gasteiger partial charge in [0.1, 0.15) is 0 Å². The molecule has 0 aromatic heterocycles. The Labute approximate surface area is 124 Å². The molecule has 0 aliphatic rings. The van der Waals surface area contributed by atoms with Crippen molar-refractivity contribution in [3.05, 3.63) is 21.8 Å². The second-order valence-electron chi connectivity index (χ2n) is 5.35. The lowest BCUT2D eigenvalue weighted by Gasteiger charge is -2.29. The van der Waals surface area contributed by atoms with Crippen molar-refractivity contribution in [2.75, 3.05) is 44.4 Å². The molecule has 0 aliphatic carbocycles. The number of hydrogen-bond donors (Lipinski definition) is 1. The van der Waals surface area contributed by atoms with Crippen molar-refractivity contribution in [1.29, 1.82) is 0 Å². The molecule has 0 fully saturated rings. The molecule has 1 aromatic carbocycles. The predicted octanol–water partition coefficient (Wildman–Crippen LogP) is 2.90. The van der Waals surface area contributed by atoms with E-state index in [0.717, 1.165) is 31.0 Å². The molecule has 0 spiro atoms. The van der Waals surface area contributed by atoms with Crippen LogP contribution in [0.15, 0.2) is 18.2 Å². The summed E-state index contributed by atoms with van der Waals surface area (Å²) < 4.78 is 1.19. The third-order valence-corrected chi connectivity index (χ3v) is 3.40. The molecule has 0 bridgehead atoms. The van der Waals surface area contributed by atoms with Crippen LogP contribution in [0.1, 0.15) is 13.8 Å². The Morgan fingerprint density at radius 2 is 1.89 bits per heavy atom. The highest BCUT2D eigenvalue weighted by Gasteiger charge is 2.12. The molecule has 1 aromatic rings. The Kier molecular flexibility index (Phi) is 6.21. The second-order valence-corrected chi connectivity index (χ2v) is 6.59. The van der Waals surface area contributed by atoms with Crippen molar-refractivity contribution in [1.82, 2.24) is 4.90 Å². The molecule has 0 radical (unpaired) electrons. The largest absolute Gasteiger partial charge is 0.397 e. The van der Waals surface area contributed by atoms with Crippen molar-refractivity contribution in [3.63, 3.8) is 0 Å². The van der Waals surface area contributed by atoms with Crippen LogP contribution in [0, 0.1) is 9.49 Å². The van der Waals surface area contributed by atoms with E-state index < -0.39 is 0 Å². The fraction of sp³-hybridized carbons (Fsp3) is 0.571. The molecule has 0 heterocycles. The number of likely N-dealkylation sites (N-methyl/N-ethyl adjacent to an activating group) is 1. The van der Waals surface area contributed by atoms with Crippen LogP contribution in [0.2, 0.25) is 0 Å². The molecule has 3 nitrogen and oxygen atoms in total. The van der Waals surface area contributed by atoms with E-state index in [0.29, 0.717) is 5.92 Å². The molecule has 0 amide bonds. The number of benzene rings is 1. The first-order chi connectivity index (χ1) is 8.40. The van der Waals surface area contributed by atoms with Crippen molar-refractivity contribution < 1.29 is 0 Å². The van der Waals surface area contributed by atoms with Gasteiger partial charge in [-0.25, -0.2) is 0 Å². The van der Waals surface area contributed by atoms with E-state index in [2.05, 4.69) is 72.5 Å². The third kappa shape index (κ3) is 5.02. The molecular weight excluding hydrogens is 337 g/mol. The summed E-state index contributed by atoms with van der Waals surface area (Å²) >= 11 is 2.30. The van der Waals surface area contributed by atoms with E-state index in [1.54, 1.807) is 0 Å². The smallest absolute Gasteiger partial charge is 0.0601 e. The van der Waals surface area contributed by atoms with Crippen LogP contribution in [-0.2, 0) is 0 Å². The number of hydrogen-bond acceptors (Lipinski definition) is 3. The zero-order valence-electron chi connectivity index (χ0n) is 11.8. The Hall–Kier alpha value is -0.490. The molecule has 2 N–H and O–H groups in total. The minimum absolute atomic E-state index is 0.630. The average Bonchev–Trinajstić information content (AvgIpc) is 2.24. The van der Waals surface area contributed by atoms with Crippen molar-refractivity contribution in [2.45, 2.75) is 13.8 Å². The van der Waals surface area contributed by atoms with Gasteiger partial charge in [0.2, 0.25) is 0 Å². The molecule has 18 heavy (non-hydrogen) atoms. The van der Waals surface area contributed by atoms with Crippen LogP contribution >= 0.6 is 22.6 Å². The van der Waals surface area contributed by atoms with E-state index in [4.69, 9.17) is 5.73 Å². The quantitative estimate of drug-likeness (QED) is 0.625. The lowest BCUT2D eigenvalue weighted by atomic mass is 10.1. The number of halogens is 1. The van der Waals surface area contributed by atoms with Gasteiger partial charge in [-0.1, -0.05) is 13.8 Å². The van der Waals surface area contributed by atoms with Gasteiger partial charge in [-0.05, 0) is 60.8 Å².